The number of aryl methyl sites for hydroxylation is 1. The van der Waals surface area contributed by atoms with Crippen LogP contribution < -0.4 is 10.6 Å². The van der Waals surface area contributed by atoms with Crippen LogP contribution in [0.25, 0.3) is 0 Å². The Balaban J connectivity index is 1.34. The van der Waals surface area contributed by atoms with Gasteiger partial charge in [0.1, 0.15) is 6.54 Å². The Morgan fingerprint density at radius 1 is 1.11 bits per heavy atom. The number of likely N-dealkylation sites (tertiary alicyclic amines) is 1. The lowest BCUT2D eigenvalue weighted by Crippen LogP contribution is -2.47. The van der Waals surface area contributed by atoms with E-state index in [0.29, 0.717) is 30.6 Å². The lowest BCUT2D eigenvalue weighted by atomic mass is 9.94. The summed E-state index contributed by atoms with van der Waals surface area (Å²) in [4.78, 5) is 54.0. The van der Waals surface area contributed by atoms with Gasteiger partial charge in [-0.25, -0.2) is 14.5 Å². The monoisotopic (exact) mass is 476 g/mol. The van der Waals surface area contributed by atoms with Gasteiger partial charge in [0.15, 0.2) is 0 Å². The first-order valence-corrected chi connectivity index (χ1v) is 11.9. The van der Waals surface area contributed by atoms with Crippen LogP contribution in [-0.4, -0.2) is 53.9 Å². The van der Waals surface area contributed by atoms with Gasteiger partial charge in [0.2, 0.25) is 11.5 Å². The van der Waals surface area contributed by atoms with Crippen molar-refractivity contribution in [3.63, 3.8) is 0 Å². The van der Waals surface area contributed by atoms with Crippen LogP contribution in [0.3, 0.4) is 0 Å². The molecule has 5 rings (SSSR count). The van der Waals surface area contributed by atoms with Gasteiger partial charge in [-0.15, -0.1) is 0 Å². The first kappa shape index (κ1) is 22.9. The number of amides is 5. The minimum Gasteiger partial charge on any atom is -0.427 e. The van der Waals surface area contributed by atoms with Gasteiger partial charge >= 0.3 is 12.1 Å². The van der Waals surface area contributed by atoms with E-state index in [1.165, 1.54) is 7.05 Å². The lowest BCUT2D eigenvalue weighted by Gasteiger charge is -2.36. The Labute approximate surface area is 203 Å². The number of imide groups is 1. The molecule has 1 spiro atoms. The van der Waals surface area contributed by atoms with Gasteiger partial charge < -0.3 is 20.3 Å². The maximum Gasteiger partial charge on any atom is 0.418 e. The van der Waals surface area contributed by atoms with Crippen LogP contribution in [0, 0.1) is 0 Å². The number of ether oxygens (including phenoxy) is 1. The number of carbonyl (C=O) groups excluding carboxylic acids is 4. The van der Waals surface area contributed by atoms with E-state index in [0.717, 1.165) is 35.3 Å². The number of hydrogen-bond donors (Lipinski definition) is 2. The van der Waals surface area contributed by atoms with Crippen molar-refractivity contribution in [1.82, 2.24) is 15.1 Å². The molecule has 9 heteroatoms. The summed E-state index contributed by atoms with van der Waals surface area (Å²) in [6.07, 6.45) is 2.77. The van der Waals surface area contributed by atoms with Gasteiger partial charge in [-0.1, -0.05) is 36.4 Å². The molecule has 0 aromatic heterocycles. The Hall–Kier alpha value is -3.88. The number of nitrogens with one attached hydrogen (secondary N) is 2. The number of carbonyl (C=O) groups is 4. The number of anilines is 1. The number of hydrogen-bond acceptors (Lipinski definition) is 5. The average Bonchev–Trinajstić information content (AvgIpc) is 3.36. The first-order valence-electron chi connectivity index (χ1n) is 11.9. The summed E-state index contributed by atoms with van der Waals surface area (Å²) in [6, 6.07) is 14.6. The molecular weight excluding hydrogens is 448 g/mol. The molecule has 2 N–H and O–H groups in total. The maximum absolute atomic E-state index is 13.5. The van der Waals surface area contributed by atoms with Crippen LogP contribution in [0.4, 0.5) is 15.3 Å². The summed E-state index contributed by atoms with van der Waals surface area (Å²) in [5.74, 6) is -0.765. The molecule has 9 nitrogen and oxygen atoms in total. The van der Waals surface area contributed by atoms with Crippen LogP contribution in [0.15, 0.2) is 48.5 Å². The van der Waals surface area contributed by atoms with Crippen molar-refractivity contribution in [2.75, 3.05) is 25.5 Å². The topological polar surface area (TPSA) is 108 Å². The first-order chi connectivity index (χ1) is 16.9. The molecule has 2 heterocycles. The average molecular weight is 477 g/mol. The third-order valence-electron chi connectivity index (χ3n) is 7.15. The van der Waals surface area contributed by atoms with Crippen molar-refractivity contribution in [3.05, 3.63) is 65.2 Å². The highest BCUT2D eigenvalue weighted by Gasteiger charge is 2.58. The van der Waals surface area contributed by atoms with Crippen molar-refractivity contribution in [1.29, 1.82) is 0 Å². The van der Waals surface area contributed by atoms with Gasteiger partial charge in [0.05, 0.1) is 6.04 Å². The summed E-state index contributed by atoms with van der Waals surface area (Å²) in [7, 11) is 1.52. The number of urea groups is 1. The van der Waals surface area contributed by atoms with Gasteiger partial charge in [0.25, 0.3) is 5.91 Å². The largest absolute Gasteiger partial charge is 0.427 e. The minimum absolute atomic E-state index is 0.0708. The number of piperidine rings is 1. The van der Waals surface area contributed by atoms with Crippen LogP contribution >= 0.6 is 0 Å². The number of benzene rings is 2. The van der Waals surface area contributed by atoms with E-state index in [-0.39, 0.29) is 24.5 Å². The van der Waals surface area contributed by atoms with Crippen LogP contribution in [0.5, 0.6) is 0 Å². The number of rotatable bonds is 4. The van der Waals surface area contributed by atoms with Gasteiger partial charge in [0, 0.05) is 31.3 Å². The molecule has 182 valence electrons. The fourth-order valence-electron chi connectivity index (χ4n) is 5.40. The summed E-state index contributed by atoms with van der Waals surface area (Å²) in [5.41, 5.74) is 1.65. The van der Waals surface area contributed by atoms with Crippen LogP contribution in [0.2, 0.25) is 0 Å². The molecule has 2 atom stereocenters. The second-order valence-corrected chi connectivity index (χ2v) is 9.17. The molecule has 2 unspecified atom stereocenters. The third-order valence-corrected chi connectivity index (χ3v) is 7.15. The summed E-state index contributed by atoms with van der Waals surface area (Å²) in [6.45, 7) is 0.249. The molecule has 35 heavy (non-hydrogen) atoms. The predicted molar refractivity (Wildman–Crippen MR) is 127 cm³/mol. The SMILES string of the molecule is CNC(=O)Nc1ccc2c(c1)CCC21OC(=O)N(CC(=O)N2CCCCC2c2ccccc2)C1=O. The van der Waals surface area contributed by atoms with Crippen molar-refractivity contribution >= 4 is 29.6 Å². The molecule has 0 radical (unpaired) electrons. The standard InChI is InChI=1S/C26H28N4O5/c1-27-24(33)28-19-10-11-20-18(15-19)12-13-26(20)23(32)30(25(34)35-26)16-22(31)29-14-6-5-9-21(29)17-7-3-2-4-8-17/h2-4,7-8,10-11,15,21H,5-6,9,12-14,16H2,1H3,(H2,27,28,33). The molecular formula is C26H28N4O5. The van der Waals surface area contributed by atoms with Crippen molar-refractivity contribution in [2.45, 2.75) is 43.7 Å². The minimum atomic E-state index is -1.42. The van der Waals surface area contributed by atoms with Gasteiger partial charge in [-0.2, -0.15) is 0 Å². The molecule has 2 saturated heterocycles. The van der Waals surface area contributed by atoms with E-state index < -0.39 is 17.6 Å². The molecule has 2 aromatic carbocycles. The smallest absolute Gasteiger partial charge is 0.418 e. The normalized spacial score (nSPS) is 23.3. The molecule has 3 aliphatic rings. The third kappa shape index (κ3) is 4.00. The Morgan fingerprint density at radius 3 is 2.69 bits per heavy atom. The van der Waals surface area contributed by atoms with E-state index in [2.05, 4.69) is 10.6 Å². The van der Waals surface area contributed by atoms with Gasteiger partial charge in [-0.05, 0) is 48.9 Å². The van der Waals surface area contributed by atoms with Crippen molar-refractivity contribution in [2.24, 2.45) is 0 Å². The highest BCUT2D eigenvalue weighted by molar-refractivity contribution is 6.06. The number of fused-ring (bicyclic) bond motifs is 2. The van der Waals surface area contributed by atoms with Gasteiger partial charge in [-0.3, -0.25) is 9.59 Å². The van der Waals surface area contributed by atoms with E-state index in [9.17, 15) is 19.2 Å². The molecule has 5 amide bonds. The lowest BCUT2D eigenvalue weighted by molar-refractivity contribution is -0.143. The van der Waals surface area contributed by atoms with Crippen molar-refractivity contribution < 1.29 is 23.9 Å². The Bertz CT molecular complexity index is 1180. The van der Waals surface area contributed by atoms with E-state index in [1.54, 1.807) is 23.1 Å². The summed E-state index contributed by atoms with van der Waals surface area (Å²) < 4.78 is 5.67. The molecule has 2 fully saturated rings. The second kappa shape index (κ2) is 9.05. The second-order valence-electron chi connectivity index (χ2n) is 9.17. The maximum atomic E-state index is 13.5. The zero-order valence-corrected chi connectivity index (χ0v) is 19.6. The fourth-order valence-corrected chi connectivity index (χ4v) is 5.40. The van der Waals surface area contributed by atoms with Crippen LogP contribution in [-0.2, 0) is 26.3 Å². The predicted octanol–water partition coefficient (Wildman–Crippen LogP) is 3.31. The van der Waals surface area contributed by atoms with E-state index >= 15 is 0 Å². The molecule has 2 aromatic rings. The molecule has 0 saturated carbocycles. The highest BCUT2D eigenvalue weighted by Crippen LogP contribution is 2.46. The van der Waals surface area contributed by atoms with E-state index in [1.807, 2.05) is 30.3 Å². The summed E-state index contributed by atoms with van der Waals surface area (Å²) in [5, 5.41) is 5.20. The summed E-state index contributed by atoms with van der Waals surface area (Å²) >= 11 is 0. The highest BCUT2D eigenvalue weighted by atomic mass is 16.6. The number of nitrogens with zero attached hydrogens (tertiary/aromatic N) is 2. The quantitative estimate of drug-likeness (QED) is 0.704. The fraction of sp³-hybridized carbons (Fsp3) is 0.385. The van der Waals surface area contributed by atoms with Crippen molar-refractivity contribution in [3.8, 4) is 0 Å². The van der Waals surface area contributed by atoms with E-state index in [4.69, 9.17) is 4.74 Å². The molecule has 1 aliphatic carbocycles. The zero-order valence-electron chi connectivity index (χ0n) is 19.6. The van der Waals surface area contributed by atoms with Crippen LogP contribution in [0.1, 0.15) is 48.4 Å². The Kier molecular flexibility index (Phi) is 5.92. The Morgan fingerprint density at radius 2 is 1.91 bits per heavy atom. The molecule has 0 bridgehead atoms. The molecule has 2 aliphatic heterocycles. The zero-order chi connectivity index (χ0) is 24.6.